The zero-order valence-corrected chi connectivity index (χ0v) is 61.5. The van der Waals surface area contributed by atoms with Gasteiger partial charge in [0, 0.05) is 191 Å². The van der Waals surface area contributed by atoms with Gasteiger partial charge >= 0.3 is 0 Å². The Bertz CT molecular complexity index is 2080. The third kappa shape index (κ3) is 27.0. The summed E-state index contributed by atoms with van der Waals surface area (Å²) in [6, 6.07) is 0. The van der Waals surface area contributed by atoms with Crippen LogP contribution in [0.3, 0.4) is 0 Å². The van der Waals surface area contributed by atoms with Crippen molar-refractivity contribution in [2.24, 2.45) is 59.2 Å². The van der Waals surface area contributed by atoms with Gasteiger partial charge in [-0.25, -0.2) is 0 Å². The summed E-state index contributed by atoms with van der Waals surface area (Å²) in [6.07, 6.45) is 11.0. The molecule has 0 saturated heterocycles. The third-order valence-corrected chi connectivity index (χ3v) is 14.8. The molecule has 6 rings (SSSR count). The predicted octanol–water partition coefficient (Wildman–Crippen LogP) is 13.8. The molecule has 0 aliphatic heterocycles. The minimum absolute atomic E-state index is 0. The van der Waals surface area contributed by atoms with Crippen LogP contribution in [0.1, 0.15) is 194 Å². The Balaban J connectivity index is -0.000000188. The molecule has 0 fully saturated rings. The number of ketones is 6. The van der Waals surface area contributed by atoms with Gasteiger partial charge in [0.05, 0.1) is 11.5 Å². The van der Waals surface area contributed by atoms with Crippen molar-refractivity contribution in [1.82, 2.24) is 0 Å². The van der Waals surface area contributed by atoms with E-state index in [0.717, 1.165) is 70.6 Å². The standard InChI is InChI=1S/4C10H16O2.C9H14O2.C8H12O2.6Ir/c1-6-4-7(2)10(12)9(5-6)8(3)11;1-6(2)8-4-9(7(3)11)10(12)5-8;1-6(2)8-4-5-9(7(3)11)10(8)12;1-3-4-8-5-6-9(7(2)11)10(8)12;1-5-4-8(7(3)10)9(11)6(5)2;1-5-3-4-7(10)8(5)6(2)9;;;;;;/h6-7,12H,4-5H2,1-3H3;2*6,8,12H,4-5H2,1-3H3;8,12H,3-6H2,1-2H3;5-6,11H,4H2,1-3H3;5,10H,3-4H2,1-2H3;;;;;;. The van der Waals surface area contributed by atoms with Crippen molar-refractivity contribution in [1.29, 1.82) is 0 Å². The maximum Gasteiger partial charge on any atom is 0.159 e. The van der Waals surface area contributed by atoms with Crippen LogP contribution in [0.25, 0.3) is 0 Å². The first-order valence-electron chi connectivity index (χ1n) is 25.5. The summed E-state index contributed by atoms with van der Waals surface area (Å²) in [5.74, 6) is 5.52. The van der Waals surface area contributed by atoms with E-state index in [1.165, 1.54) is 41.5 Å². The maximum atomic E-state index is 11.1. The van der Waals surface area contributed by atoms with Crippen molar-refractivity contribution >= 4 is 34.7 Å². The van der Waals surface area contributed by atoms with Crippen LogP contribution >= 0.6 is 0 Å². The number of hydrogen-bond donors (Lipinski definition) is 6. The summed E-state index contributed by atoms with van der Waals surface area (Å²) < 4.78 is 0. The summed E-state index contributed by atoms with van der Waals surface area (Å²) in [6.45, 7) is 29.7. The van der Waals surface area contributed by atoms with E-state index in [9.17, 15) is 59.4 Å². The summed E-state index contributed by atoms with van der Waals surface area (Å²) in [5.41, 5.74) is 3.86. The molecule has 6 N–H and O–H groups in total. The van der Waals surface area contributed by atoms with E-state index in [1.807, 2.05) is 20.8 Å². The average Bonchev–Trinajstić information content (AvgIpc) is 4.07. The molecule has 0 aromatic carbocycles. The molecule has 0 aromatic heterocycles. The molecule has 0 bridgehead atoms. The Hall–Kier alpha value is -0.844. The smallest absolute Gasteiger partial charge is 0.159 e. The van der Waals surface area contributed by atoms with E-state index in [-0.39, 0.29) is 185 Å². The first-order chi connectivity index (χ1) is 31.9. The van der Waals surface area contributed by atoms with Gasteiger partial charge < -0.3 is 30.6 Å². The minimum Gasteiger partial charge on any atom is -0.512 e. The molecule has 0 saturated carbocycles. The predicted molar refractivity (Wildman–Crippen MR) is 274 cm³/mol. The van der Waals surface area contributed by atoms with Crippen LogP contribution < -0.4 is 0 Å². The zero-order valence-electron chi connectivity index (χ0n) is 47.1. The second-order valence-corrected chi connectivity index (χ2v) is 21.3. The second-order valence-electron chi connectivity index (χ2n) is 21.3. The SMILES string of the molecule is CC(=O)C1=C(O)C(C(C)C)CC1.CC(=O)C1=C(O)C(C)C(C)C1.CC(=O)C1=C(O)C(C)CC(C)C1.CC(=O)C1=C(O)CC(C(C)C)C1.CC(=O)C1=C(O)CCC1C.CCCC1CCC(C(C)=O)=C1O.[Ir].[Ir].[Ir].[Ir].[Ir].[Ir]. The average molecular weight is 2120 g/mol. The Morgan fingerprint density at radius 3 is 1.20 bits per heavy atom. The first kappa shape index (κ1) is 85.4. The molecule has 18 heteroatoms. The van der Waals surface area contributed by atoms with Gasteiger partial charge in [0.1, 0.15) is 23.0 Å². The topological polar surface area (TPSA) is 224 Å². The van der Waals surface area contributed by atoms with E-state index in [4.69, 9.17) is 0 Å². The Morgan fingerprint density at radius 1 is 0.467 bits per heavy atom. The number of allylic oxidation sites excluding steroid dienone is 12. The molecule has 8 atom stereocenters. The van der Waals surface area contributed by atoms with Gasteiger partial charge in [-0.15, -0.1) is 0 Å². The fourth-order valence-electron chi connectivity index (χ4n) is 10.1. The summed E-state index contributed by atoms with van der Waals surface area (Å²) in [4.78, 5) is 65.9. The summed E-state index contributed by atoms with van der Waals surface area (Å²) >= 11 is 0. The van der Waals surface area contributed by atoms with Gasteiger partial charge in [0.2, 0.25) is 0 Å². The molecule has 12 nitrogen and oxygen atoms in total. The van der Waals surface area contributed by atoms with Gasteiger partial charge in [0.25, 0.3) is 0 Å². The molecule has 0 amide bonds. The molecule has 8 unspecified atom stereocenters. The molecule has 6 aliphatic rings. The Kier molecular flexibility index (Phi) is 46.9. The quantitative estimate of drug-likeness (QED) is 0.120. The van der Waals surface area contributed by atoms with Gasteiger partial charge in [-0.05, 0) is 141 Å². The van der Waals surface area contributed by atoms with Gasteiger partial charge in [-0.1, -0.05) is 75.7 Å². The van der Waals surface area contributed by atoms with Crippen molar-refractivity contribution in [2.45, 2.75) is 194 Å². The van der Waals surface area contributed by atoms with Crippen LogP contribution in [-0.2, 0) is 149 Å². The maximum absolute atomic E-state index is 11.1. The molecular weight excluding hydrogens is 2030 g/mol. The molecule has 0 aromatic rings. The minimum atomic E-state index is 0. The van der Waals surface area contributed by atoms with Crippen LogP contribution in [0, 0.1) is 59.2 Å². The van der Waals surface area contributed by atoms with E-state index in [0.29, 0.717) is 110 Å². The van der Waals surface area contributed by atoms with Gasteiger partial charge in [-0.2, -0.15) is 0 Å². The van der Waals surface area contributed by atoms with Gasteiger partial charge in [0.15, 0.2) is 34.7 Å². The van der Waals surface area contributed by atoms with Crippen LogP contribution in [-0.4, -0.2) is 65.3 Å². The normalized spacial score (nSPS) is 24.2. The van der Waals surface area contributed by atoms with Crippen LogP contribution in [0.5, 0.6) is 0 Å². The molecule has 6 aliphatic carbocycles. The van der Waals surface area contributed by atoms with Crippen molar-refractivity contribution in [2.75, 3.05) is 0 Å². The van der Waals surface area contributed by atoms with E-state index >= 15 is 0 Å². The van der Waals surface area contributed by atoms with E-state index < -0.39 is 0 Å². The number of carbonyl (C=O) groups is 6. The molecular formula is C57H90Ir6O12. The third-order valence-electron chi connectivity index (χ3n) is 14.8. The number of carbonyl (C=O) groups excluding carboxylic acids is 6. The zero-order chi connectivity index (χ0) is 53.4. The number of aliphatic hydroxyl groups excluding tert-OH is 6. The first-order valence-corrected chi connectivity index (χ1v) is 25.5. The summed E-state index contributed by atoms with van der Waals surface area (Å²) in [5, 5.41) is 56.9. The number of hydrogen-bond acceptors (Lipinski definition) is 12. The van der Waals surface area contributed by atoms with Crippen molar-refractivity contribution in [3.63, 3.8) is 0 Å². The fourth-order valence-corrected chi connectivity index (χ4v) is 10.1. The molecule has 0 heterocycles. The molecule has 6 radical (unpaired) electrons. The molecule has 75 heavy (non-hydrogen) atoms. The number of aliphatic hydroxyl groups is 6. The number of Topliss-reactive ketones (excluding diaryl/α,β-unsaturated/α-hetero) is 6. The van der Waals surface area contributed by atoms with Crippen LogP contribution in [0.15, 0.2) is 68.0 Å². The Labute approximate surface area is 531 Å². The molecule has 444 valence electrons. The number of rotatable bonds is 10. The molecule has 0 spiro atoms. The van der Waals surface area contributed by atoms with Gasteiger partial charge in [-0.3, -0.25) is 28.8 Å². The van der Waals surface area contributed by atoms with Crippen LogP contribution in [0.4, 0.5) is 0 Å². The summed E-state index contributed by atoms with van der Waals surface area (Å²) in [7, 11) is 0. The van der Waals surface area contributed by atoms with Crippen molar-refractivity contribution < 1.29 is 180 Å². The van der Waals surface area contributed by atoms with Crippen LogP contribution in [0.2, 0.25) is 0 Å². The Morgan fingerprint density at radius 2 is 0.920 bits per heavy atom. The van der Waals surface area contributed by atoms with Crippen molar-refractivity contribution in [3.8, 4) is 0 Å². The van der Waals surface area contributed by atoms with E-state index in [2.05, 4.69) is 48.5 Å². The van der Waals surface area contributed by atoms with Crippen molar-refractivity contribution in [3.05, 3.63) is 68.0 Å². The monoisotopic (exact) mass is 2120 g/mol. The fraction of sp³-hybridized carbons (Fsp3) is 0.684. The second kappa shape index (κ2) is 41.2. The largest absolute Gasteiger partial charge is 0.512 e. The van der Waals surface area contributed by atoms with E-state index in [1.54, 1.807) is 0 Å².